The van der Waals surface area contributed by atoms with Crippen molar-refractivity contribution in [3.8, 4) is 0 Å². The largest absolute Gasteiger partial charge is 0.116 e. The van der Waals surface area contributed by atoms with Gasteiger partial charge in [-0.15, -0.1) is 8.58 Å². The van der Waals surface area contributed by atoms with Crippen molar-refractivity contribution in [1.82, 2.24) is 0 Å². The molecule has 1 atom stereocenters. The fourth-order valence-electron chi connectivity index (χ4n) is 1.56. The van der Waals surface area contributed by atoms with Crippen LogP contribution in [0.25, 0.3) is 0 Å². The van der Waals surface area contributed by atoms with E-state index in [9.17, 15) is 0 Å². The molecule has 0 spiro atoms. The Morgan fingerprint density at radius 1 is 1.22 bits per heavy atom. The Bertz CT molecular complexity index is 72.6. The van der Waals surface area contributed by atoms with Gasteiger partial charge >= 0.3 is 0 Å². The molecule has 9 heavy (non-hydrogen) atoms. The summed E-state index contributed by atoms with van der Waals surface area (Å²) in [4.78, 5) is 0. The van der Waals surface area contributed by atoms with Crippen molar-refractivity contribution >= 4 is 8.58 Å². The third-order valence-corrected chi connectivity index (χ3v) is 3.64. The molecule has 0 saturated heterocycles. The summed E-state index contributed by atoms with van der Waals surface area (Å²) < 4.78 is 0. The molecule has 1 aliphatic carbocycles. The summed E-state index contributed by atoms with van der Waals surface area (Å²) in [7, 11) is 1.24. The summed E-state index contributed by atoms with van der Waals surface area (Å²) in [6, 6.07) is 0. The van der Waals surface area contributed by atoms with E-state index < -0.39 is 0 Å². The van der Waals surface area contributed by atoms with E-state index in [4.69, 9.17) is 0 Å². The smallest absolute Gasteiger partial charge is 0.0234 e. The van der Waals surface area contributed by atoms with Crippen molar-refractivity contribution in [2.75, 3.05) is 0 Å². The van der Waals surface area contributed by atoms with Crippen molar-refractivity contribution in [3.63, 3.8) is 0 Å². The Kier molecular flexibility index (Phi) is 2.98. The maximum Gasteiger partial charge on any atom is -0.0234 e. The van der Waals surface area contributed by atoms with Gasteiger partial charge in [0.2, 0.25) is 0 Å². The number of rotatable bonds is 2. The zero-order valence-electron chi connectivity index (χ0n) is 6.48. The van der Waals surface area contributed by atoms with Crippen LogP contribution in [0.1, 0.15) is 39.5 Å². The fraction of sp³-hybridized carbons (Fsp3) is 1.00. The minimum atomic E-state index is 0.952. The average molecular weight is 144 g/mol. The summed E-state index contributed by atoms with van der Waals surface area (Å²) in [6.45, 7) is 4.69. The standard InChI is InChI=1S/C8H17P/c1-7(2)9-8-5-3-4-6-8/h7-9H,3-6H2,1-2H3. The van der Waals surface area contributed by atoms with Gasteiger partial charge in [-0.2, -0.15) is 0 Å². The molecule has 0 amide bonds. The van der Waals surface area contributed by atoms with Gasteiger partial charge in [0.1, 0.15) is 0 Å². The van der Waals surface area contributed by atoms with Crippen molar-refractivity contribution < 1.29 is 0 Å². The first-order valence-corrected chi connectivity index (χ1v) is 5.20. The minimum Gasteiger partial charge on any atom is -0.116 e. The predicted octanol–water partition coefficient (Wildman–Crippen LogP) is 3.02. The topological polar surface area (TPSA) is 0 Å². The molecule has 1 unspecified atom stereocenters. The van der Waals surface area contributed by atoms with Crippen LogP contribution in [0.2, 0.25) is 0 Å². The van der Waals surface area contributed by atoms with E-state index in [1.165, 1.54) is 34.3 Å². The molecule has 0 aromatic carbocycles. The maximum absolute atomic E-state index is 2.34. The van der Waals surface area contributed by atoms with Gasteiger partial charge in [0, 0.05) is 0 Å². The van der Waals surface area contributed by atoms with Crippen LogP contribution < -0.4 is 0 Å². The first-order valence-electron chi connectivity index (χ1n) is 4.05. The summed E-state index contributed by atoms with van der Waals surface area (Å²) in [5.41, 5.74) is 2.07. The second-order valence-corrected chi connectivity index (χ2v) is 5.61. The SMILES string of the molecule is CC(C)PC1CCCC1. The highest BCUT2D eigenvalue weighted by Crippen LogP contribution is 2.36. The highest BCUT2D eigenvalue weighted by molar-refractivity contribution is 7.39. The van der Waals surface area contributed by atoms with Crippen molar-refractivity contribution in [2.45, 2.75) is 50.8 Å². The Morgan fingerprint density at radius 3 is 2.22 bits per heavy atom. The fourth-order valence-corrected chi connectivity index (χ4v) is 3.25. The van der Waals surface area contributed by atoms with E-state index in [-0.39, 0.29) is 0 Å². The third kappa shape index (κ3) is 2.67. The van der Waals surface area contributed by atoms with Crippen LogP contribution in [0.5, 0.6) is 0 Å². The highest BCUT2D eigenvalue weighted by Gasteiger charge is 2.15. The molecule has 1 aliphatic rings. The molecule has 1 saturated carbocycles. The average Bonchev–Trinajstić information content (AvgIpc) is 2.15. The lowest BCUT2D eigenvalue weighted by molar-refractivity contribution is 0.886. The summed E-state index contributed by atoms with van der Waals surface area (Å²) >= 11 is 0. The molecule has 1 fully saturated rings. The van der Waals surface area contributed by atoms with Gasteiger partial charge in [0.05, 0.1) is 0 Å². The van der Waals surface area contributed by atoms with Gasteiger partial charge in [-0.1, -0.05) is 26.7 Å². The molecule has 1 rings (SSSR count). The van der Waals surface area contributed by atoms with Crippen LogP contribution in [0.4, 0.5) is 0 Å². The van der Waals surface area contributed by atoms with E-state index >= 15 is 0 Å². The Morgan fingerprint density at radius 2 is 1.78 bits per heavy atom. The first kappa shape index (κ1) is 7.54. The lowest BCUT2D eigenvalue weighted by atomic mass is 10.4. The van der Waals surface area contributed by atoms with Gasteiger partial charge in [0.15, 0.2) is 0 Å². The second-order valence-electron chi connectivity index (χ2n) is 3.30. The van der Waals surface area contributed by atoms with E-state index in [0.717, 1.165) is 11.3 Å². The van der Waals surface area contributed by atoms with E-state index in [1.807, 2.05) is 0 Å². The molecule has 1 heteroatoms. The molecule has 0 aromatic rings. The molecule has 54 valence electrons. The summed E-state index contributed by atoms with van der Waals surface area (Å²) in [6.07, 6.45) is 6.06. The van der Waals surface area contributed by atoms with Gasteiger partial charge in [-0.05, 0) is 24.2 Å². The molecular formula is C8H17P. The lowest BCUT2D eigenvalue weighted by Crippen LogP contribution is -1.96. The van der Waals surface area contributed by atoms with Gasteiger partial charge < -0.3 is 0 Å². The Hall–Kier alpha value is 0.430. The van der Waals surface area contributed by atoms with Crippen LogP contribution in [0.3, 0.4) is 0 Å². The van der Waals surface area contributed by atoms with Gasteiger partial charge in [0.25, 0.3) is 0 Å². The molecule has 0 aromatic heterocycles. The third-order valence-electron chi connectivity index (χ3n) is 1.92. The summed E-state index contributed by atoms with van der Waals surface area (Å²) in [5.74, 6) is 0. The molecule has 0 N–H and O–H groups in total. The predicted molar refractivity (Wildman–Crippen MR) is 45.7 cm³/mol. The monoisotopic (exact) mass is 144 g/mol. The molecular weight excluding hydrogens is 127 g/mol. The number of hydrogen-bond donors (Lipinski definition) is 0. The second kappa shape index (κ2) is 3.56. The van der Waals surface area contributed by atoms with E-state index in [2.05, 4.69) is 13.8 Å². The highest BCUT2D eigenvalue weighted by atomic mass is 31.1. The Balaban J connectivity index is 2.11. The van der Waals surface area contributed by atoms with E-state index in [0.29, 0.717) is 0 Å². The van der Waals surface area contributed by atoms with Crippen LogP contribution in [-0.2, 0) is 0 Å². The van der Waals surface area contributed by atoms with Crippen LogP contribution in [0, 0.1) is 0 Å². The molecule has 0 aliphatic heterocycles. The van der Waals surface area contributed by atoms with Crippen LogP contribution >= 0.6 is 8.58 Å². The van der Waals surface area contributed by atoms with Gasteiger partial charge in [-0.25, -0.2) is 0 Å². The van der Waals surface area contributed by atoms with E-state index in [1.54, 1.807) is 0 Å². The van der Waals surface area contributed by atoms with Crippen molar-refractivity contribution in [2.24, 2.45) is 0 Å². The molecule has 0 bridgehead atoms. The molecule has 0 radical (unpaired) electrons. The van der Waals surface area contributed by atoms with Gasteiger partial charge in [-0.3, -0.25) is 0 Å². The quantitative estimate of drug-likeness (QED) is 0.522. The normalized spacial score (nSPS) is 23.0. The maximum atomic E-state index is 2.34. The van der Waals surface area contributed by atoms with Crippen molar-refractivity contribution in [3.05, 3.63) is 0 Å². The lowest BCUT2D eigenvalue weighted by Gasteiger charge is -2.10. The number of hydrogen-bond acceptors (Lipinski definition) is 0. The molecule has 0 nitrogen and oxygen atoms in total. The van der Waals surface area contributed by atoms with Crippen LogP contribution in [-0.4, -0.2) is 11.3 Å². The minimum absolute atomic E-state index is 0.952. The Labute approximate surface area is 60.2 Å². The molecule has 0 heterocycles. The zero-order valence-corrected chi connectivity index (χ0v) is 7.48. The van der Waals surface area contributed by atoms with Crippen LogP contribution in [0.15, 0.2) is 0 Å². The zero-order chi connectivity index (χ0) is 6.69. The first-order chi connectivity index (χ1) is 4.29. The summed E-state index contributed by atoms with van der Waals surface area (Å²) in [5, 5.41) is 0. The van der Waals surface area contributed by atoms with Crippen molar-refractivity contribution in [1.29, 1.82) is 0 Å².